The molecular formula is C26H32N6O. The summed E-state index contributed by atoms with van der Waals surface area (Å²) in [5.74, 6) is 1.78. The molecule has 7 heteroatoms. The van der Waals surface area contributed by atoms with Gasteiger partial charge in [-0.1, -0.05) is 32.1 Å². The van der Waals surface area contributed by atoms with Gasteiger partial charge in [0.15, 0.2) is 5.65 Å². The number of anilines is 2. The zero-order chi connectivity index (χ0) is 22.8. The van der Waals surface area contributed by atoms with Crippen LogP contribution in [-0.4, -0.2) is 33.6 Å². The Morgan fingerprint density at radius 1 is 1.24 bits per heavy atom. The summed E-state index contributed by atoms with van der Waals surface area (Å²) in [6.45, 7) is 7.07. The summed E-state index contributed by atoms with van der Waals surface area (Å²) in [7, 11) is 0. The van der Waals surface area contributed by atoms with E-state index < -0.39 is 0 Å². The second kappa shape index (κ2) is 9.35. The van der Waals surface area contributed by atoms with Gasteiger partial charge in [-0.15, -0.1) is 0 Å². The highest BCUT2D eigenvalue weighted by molar-refractivity contribution is 6.04. The molecule has 1 aliphatic carbocycles. The van der Waals surface area contributed by atoms with E-state index in [0.29, 0.717) is 18.4 Å². The first-order valence-corrected chi connectivity index (χ1v) is 12.0. The van der Waals surface area contributed by atoms with Crippen LogP contribution in [0.15, 0.2) is 48.2 Å². The monoisotopic (exact) mass is 444 g/mol. The number of fused-ring (bicyclic) bond motifs is 1. The summed E-state index contributed by atoms with van der Waals surface area (Å²) in [6.07, 6.45) is 8.00. The summed E-state index contributed by atoms with van der Waals surface area (Å²) in [5, 5.41) is 14.7. The van der Waals surface area contributed by atoms with Gasteiger partial charge in [-0.05, 0) is 62.4 Å². The number of benzene rings is 1. The molecule has 0 unspecified atom stereocenters. The van der Waals surface area contributed by atoms with Crippen molar-refractivity contribution in [3.63, 3.8) is 0 Å². The second-order valence-electron chi connectivity index (χ2n) is 9.36. The topological polar surface area (TPSA) is 83.3 Å². The summed E-state index contributed by atoms with van der Waals surface area (Å²) in [6, 6.07) is 10.2. The maximum atomic E-state index is 12.3. The predicted molar refractivity (Wildman–Crippen MR) is 132 cm³/mol. The number of nitrogens with one attached hydrogen (secondary N) is 3. The van der Waals surface area contributed by atoms with E-state index >= 15 is 0 Å². The first kappa shape index (κ1) is 21.6. The average Bonchev–Trinajstić information content (AvgIpc) is 3.21. The molecule has 3 N–H and O–H groups in total. The fourth-order valence-corrected chi connectivity index (χ4v) is 4.52. The molecule has 1 aromatic carbocycles. The number of nitrogens with zero attached hydrogens (tertiary/aromatic N) is 3. The van der Waals surface area contributed by atoms with Crippen LogP contribution in [0.1, 0.15) is 68.2 Å². The van der Waals surface area contributed by atoms with Crippen LogP contribution in [0.2, 0.25) is 0 Å². The lowest BCUT2D eigenvalue weighted by Gasteiger charge is -2.23. The zero-order valence-electron chi connectivity index (χ0n) is 19.4. The van der Waals surface area contributed by atoms with E-state index in [1.165, 1.54) is 5.56 Å². The van der Waals surface area contributed by atoms with Crippen LogP contribution < -0.4 is 16.0 Å². The molecule has 1 aliphatic heterocycles. The lowest BCUT2D eigenvalue weighted by atomic mass is 9.94. The molecule has 2 aromatic heterocycles. The van der Waals surface area contributed by atoms with Gasteiger partial charge in [0.1, 0.15) is 5.82 Å². The van der Waals surface area contributed by atoms with Gasteiger partial charge in [0.05, 0.1) is 6.20 Å². The molecule has 0 radical (unpaired) electrons. The molecule has 33 heavy (non-hydrogen) atoms. The van der Waals surface area contributed by atoms with Crippen LogP contribution in [0.3, 0.4) is 0 Å². The number of hydrogen-bond acceptors (Lipinski definition) is 5. The van der Waals surface area contributed by atoms with Crippen molar-refractivity contribution in [2.75, 3.05) is 23.7 Å². The van der Waals surface area contributed by atoms with Crippen molar-refractivity contribution in [2.45, 2.75) is 57.9 Å². The molecule has 0 bridgehead atoms. The van der Waals surface area contributed by atoms with E-state index in [-0.39, 0.29) is 5.91 Å². The van der Waals surface area contributed by atoms with Crippen LogP contribution >= 0.6 is 0 Å². The Kier molecular flexibility index (Phi) is 6.13. The Bertz CT molecular complexity index is 1190. The minimum atomic E-state index is 0.00608. The lowest BCUT2D eigenvalue weighted by molar-refractivity contribution is -0.113. The summed E-state index contributed by atoms with van der Waals surface area (Å²) in [4.78, 5) is 17.3. The normalized spacial score (nSPS) is 16.5. The van der Waals surface area contributed by atoms with Crippen molar-refractivity contribution < 1.29 is 4.79 Å². The molecular weight excluding hydrogens is 412 g/mol. The number of aromatic nitrogens is 3. The maximum absolute atomic E-state index is 12.3. The second-order valence-corrected chi connectivity index (χ2v) is 9.36. The third-order valence-electron chi connectivity index (χ3n) is 6.65. The van der Waals surface area contributed by atoms with Crippen LogP contribution in [0.4, 0.5) is 11.5 Å². The maximum Gasteiger partial charge on any atom is 0.251 e. The molecule has 2 aliphatic rings. The van der Waals surface area contributed by atoms with Crippen molar-refractivity contribution in [2.24, 2.45) is 0 Å². The third kappa shape index (κ3) is 4.64. The number of carbonyl (C=O) groups excluding carboxylic acids is 1. The quantitative estimate of drug-likeness (QED) is 0.496. The number of carbonyl (C=O) groups is 1. The molecule has 5 rings (SSSR count). The van der Waals surface area contributed by atoms with E-state index in [0.717, 1.165) is 72.8 Å². The number of amides is 1. The van der Waals surface area contributed by atoms with Gasteiger partial charge in [-0.3, -0.25) is 4.79 Å². The molecule has 3 aromatic rings. The highest BCUT2D eigenvalue weighted by atomic mass is 16.1. The fourth-order valence-electron chi connectivity index (χ4n) is 4.52. The minimum absolute atomic E-state index is 0.00608. The number of hydrogen-bond donors (Lipinski definition) is 3. The molecule has 3 heterocycles. The molecule has 0 atom stereocenters. The molecule has 1 fully saturated rings. The molecule has 0 saturated carbocycles. The van der Waals surface area contributed by atoms with Gasteiger partial charge in [0.2, 0.25) is 0 Å². The van der Waals surface area contributed by atoms with Gasteiger partial charge in [-0.2, -0.15) is 9.61 Å². The summed E-state index contributed by atoms with van der Waals surface area (Å²) < 4.78 is 1.93. The Balaban J connectivity index is 1.39. The van der Waals surface area contributed by atoms with Crippen LogP contribution in [0.25, 0.3) is 5.65 Å². The Morgan fingerprint density at radius 2 is 2.06 bits per heavy atom. The number of rotatable bonds is 7. The molecule has 7 nitrogen and oxygen atoms in total. The van der Waals surface area contributed by atoms with E-state index in [2.05, 4.69) is 47.0 Å². The van der Waals surface area contributed by atoms with E-state index in [9.17, 15) is 4.79 Å². The van der Waals surface area contributed by atoms with E-state index in [1.54, 1.807) is 0 Å². The van der Waals surface area contributed by atoms with E-state index in [4.69, 9.17) is 4.98 Å². The zero-order valence-corrected chi connectivity index (χ0v) is 19.4. The van der Waals surface area contributed by atoms with Crippen LogP contribution in [0, 0.1) is 0 Å². The predicted octanol–water partition coefficient (Wildman–Crippen LogP) is 4.59. The van der Waals surface area contributed by atoms with Crippen molar-refractivity contribution >= 4 is 23.1 Å². The molecule has 1 saturated heterocycles. The van der Waals surface area contributed by atoms with Crippen LogP contribution in [-0.2, 0) is 11.3 Å². The van der Waals surface area contributed by atoms with Gasteiger partial charge in [0.25, 0.3) is 5.91 Å². The smallest absolute Gasteiger partial charge is 0.251 e. The highest BCUT2D eigenvalue weighted by Gasteiger charge is 2.21. The van der Waals surface area contributed by atoms with E-state index in [1.807, 2.05) is 35.0 Å². The standard InChI is InChI=1S/C26H32N6O/c1-17(2)22-16-29-32-24(14-23(31-25(22)32)19-9-11-27-12-10-19)28-15-18-5-3-8-21(13-18)30-26(33)20-6-4-7-20/h3,5-6,8,13-14,16-17,19,27-28H,4,7,9-12,15H2,1-2H3,(H,30,33). The summed E-state index contributed by atoms with van der Waals surface area (Å²) in [5.41, 5.74) is 6.05. The Morgan fingerprint density at radius 3 is 2.79 bits per heavy atom. The minimum Gasteiger partial charge on any atom is -0.366 e. The highest BCUT2D eigenvalue weighted by Crippen LogP contribution is 2.29. The molecule has 1 amide bonds. The Labute approximate surface area is 194 Å². The summed E-state index contributed by atoms with van der Waals surface area (Å²) >= 11 is 0. The largest absolute Gasteiger partial charge is 0.366 e. The first-order valence-electron chi connectivity index (χ1n) is 12.0. The number of piperidine rings is 1. The molecule has 0 spiro atoms. The fraction of sp³-hybridized carbons (Fsp3) is 0.423. The van der Waals surface area contributed by atoms with Gasteiger partial charge in [-0.25, -0.2) is 4.98 Å². The third-order valence-corrected chi connectivity index (χ3v) is 6.65. The lowest BCUT2D eigenvalue weighted by Crippen LogP contribution is -2.27. The van der Waals surface area contributed by atoms with Crippen LogP contribution in [0.5, 0.6) is 0 Å². The number of allylic oxidation sites excluding steroid dienone is 1. The van der Waals surface area contributed by atoms with Gasteiger partial charge in [0, 0.05) is 41.0 Å². The molecule has 172 valence electrons. The SMILES string of the molecule is CC(C)c1cnn2c(NCc3cccc(NC(=O)C4=CCC4)c3)cc(C3CCNCC3)nc12. The van der Waals surface area contributed by atoms with Gasteiger partial charge < -0.3 is 16.0 Å². The average molecular weight is 445 g/mol. The van der Waals surface area contributed by atoms with Crippen molar-refractivity contribution in [1.29, 1.82) is 0 Å². The van der Waals surface area contributed by atoms with Crippen molar-refractivity contribution in [1.82, 2.24) is 19.9 Å². The van der Waals surface area contributed by atoms with Crippen molar-refractivity contribution in [3.8, 4) is 0 Å². The Hall–Kier alpha value is -3.19. The van der Waals surface area contributed by atoms with Gasteiger partial charge >= 0.3 is 0 Å². The van der Waals surface area contributed by atoms with Crippen molar-refractivity contribution in [3.05, 3.63) is 65.0 Å². The first-order chi connectivity index (χ1) is 16.1.